The summed E-state index contributed by atoms with van der Waals surface area (Å²) in [5.41, 5.74) is 2.48. The smallest absolute Gasteiger partial charge is 0.263 e. The molecule has 0 aliphatic rings. The number of methoxy groups -OCH3 is 1. The summed E-state index contributed by atoms with van der Waals surface area (Å²) in [5, 5.41) is 14.1. The number of aliphatic hydroxyl groups is 1. The minimum atomic E-state index is -0.201. The molecule has 2 heterocycles. The van der Waals surface area contributed by atoms with E-state index in [-0.39, 0.29) is 41.6 Å². The summed E-state index contributed by atoms with van der Waals surface area (Å²) in [4.78, 5) is 16.6. The van der Waals surface area contributed by atoms with Crippen LogP contribution >= 0.6 is 11.6 Å². The lowest BCUT2D eigenvalue weighted by molar-refractivity contribution is 0.109. The Hall–Kier alpha value is -5.61. The Morgan fingerprint density at radius 1 is 0.633 bits per heavy atom. The SMILES string of the molecule is COc1ccccc1Oc1c(Cl)nc(-c2ncccn2)nc1OCCO.c1ccc2c(COCc3cccc4ccccc34)cccc2c1. The molecule has 49 heavy (non-hydrogen) atoms. The van der Waals surface area contributed by atoms with Crippen LogP contribution in [-0.2, 0) is 18.0 Å². The summed E-state index contributed by atoms with van der Waals surface area (Å²) in [6.45, 7) is 1.06. The van der Waals surface area contributed by atoms with E-state index >= 15 is 0 Å². The van der Waals surface area contributed by atoms with Crippen LogP contribution in [0.15, 0.2) is 128 Å². The van der Waals surface area contributed by atoms with Gasteiger partial charge < -0.3 is 24.1 Å². The molecule has 0 saturated carbocycles. The highest BCUT2D eigenvalue weighted by atomic mass is 35.5. The molecule has 0 amide bonds. The van der Waals surface area contributed by atoms with Gasteiger partial charge in [0.2, 0.25) is 11.6 Å². The highest BCUT2D eigenvalue weighted by Gasteiger charge is 2.20. The molecule has 0 aliphatic heterocycles. The average molecular weight is 673 g/mol. The van der Waals surface area contributed by atoms with Crippen molar-refractivity contribution in [2.45, 2.75) is 13.2 Å². The fourth-order valence-corrected chi connectivity index (χ4v) is 5.36. The summed E-state index contributed by atoms with van der Waals surface area (Å²) in [6.07, 6.45) is 3.13. The Kier molecular flexibility index (Phi) is 11.2. The van der Waals surface area contributed by atoms with Crippen molar-refractivity contribution in [1.29, 1.82) is 0 Å². The first-order valence-corrected chi connectivity index (χ1v) is 15.9. The van der Waals surface area contributed by atoms with Crippen molar-refractivity contribution in [3.63, 3.8) is 0 Å². The van der Waals surface area contributed by atoms with Gasteiger partial charge in [-0.25, -0.2) is 15.0 Å². The van der Waals surface area contributed by atoms with E-state index in [1.165, 1.54) is 39.8 Å². The zero-order valence-corrected chi connectivity index (χ0v) is 27.5. The second kappa shape index (κ2) is 16.5. The van der Waals surface area contributed by atoms with E-state index in [1.54, 1.807) is 36.7 Å². The third-order valence-corrected chi connectivity index (χ3v) is 7.70. The number of fused-ring (bicyclic) bond motifs is 2. The van der Waals surface area contributed by atoms with Gasteiger partial charge in [-0.15, -0.1) is 0 Å². The number of aromatic nitrogens is 4. The van der Waals surface area contributed by atoms with Crippen molar-refractivity contribution in [3.8, 4) is 34.8 Å². The molecule has 0 radical (unpaired) electrons. The lowest BCUT2D eigenvalue weighted by atomic mass is 10.0. The maximum Gasteiger partial charge on any atom is 0.263 e. The number of para-hydroxylation sites is 2. The first kappa shape index (κ1) is 33.3. The maximum atomic E-state index is 9.06. The summed E-state index contributed by atoms with van der Waals surface area (Å²) in [7, 11) is 1.53. The molecule has 0 fully saturated rings. The minimum absolute atomic E-state index is 0.00468. The third-order valence-electron chi connectivity index (χ3n) is 7.45. The van der Waals surface area contributed by atoms with Crippen LogP contribution in [0, 0.1) is 0 Å². The zero-order chi connectivity index (χ0) is 33.8. The summed E-state index contributed by atoms with van der Waals surface area (Å²) in [5.74, 6) is 1.55. The number of benzene rings is 5. The van der Waals surface area contributed by atoms with Crippen molar-refractivity contribution in [2.75, 3.05) is 20.3 Å². The Morgan fingerprint density at radius 2 is 1.20 bits per heavy atom. The molecule has 2 aromatic heterocycles. The molecule has 5 aromatic carbocycles. The number of aliphatic hydroxyl groups excluding tert-OH is 1. The number of hydrogen-bond acceptors (Lipinski definition) is 9. The third kappa shape index (κ3) is 8.28. The molecule has 10 heteroatoms. The van der Waals surface area contributed by atoms with E-state index in [0.717, 1.165) is 0 Å². The van der Waals surface area contributed by atoms with Crippen molar-refractivity contribution >= 4 is 33.1 Å². The molecule has 7 rings (SSSR count). The summed E-state index contributed by atoms with van der Waals surface area (Å²) in [6, 6.07) is 38.4. The molecule has 0 spiro atoms. The normalized spacial score (nSPS) is 10.8. The molecule has 0 unspecified atom stereocenters. The average Bonchev–Trinajstić information content (AvgIpc) is 3.16. The van der Waals surface area contributed by atoms with E-state index in [0.29, 0.717) is 24.7 Å². The van der Waals surface area contributed by atoms with Gasteiger partial charge in [0.15, 0.2) is 22.5 Å². The second-order valence-electron chi connectivity index (χ2n) is 10.6. The largest absolute Gasteiger partial charge is 0.493 e. The standard InChI is InChI=1S/C22H18O.C17H15ClN4O4/c1-3-13-21-17(7-1)9-5-11-19(21)15-23-16-20-12-6-10-18-8-2-4-14-22(18)20;1-24-11-5-2-3-6-12(11)26-13-14(18)21-16(15-19-7-4-8-20-15)22-17(13)25-10-9-23/h1-14H,15-16H2;2-8,23H,9-10H2,1H3. The van der Waals surface area contributed by atoms with Gasteiger partial charge in [0.05, 0.1) is 26.9 Å². The predicted molar refractivity (Wildman–Crippen MR) is 190 cm³/mol. The number of hydrogen-bond donors (Lipinski definition) is 1. The zero-order valence-electron chi connectivity index (χ0n) is 26.7. The monoisotopic (exact) mass is 672 g/mol. The van der Waals surface area contributed by atoms with E-state index in [1.807, 2.05) is 6.07 Å². The molecular formula is C39H33ClN4O5. The van der Waals surface area contributed by atoms with Gasteiger partial charge in [0.25, 0.3) is 5.88 Å². The Morgan fingerprint density at radius 3 is 1.82 bits per heavy atom. The van der Waals surface area contributed by atoms with Crippen LogP contribution < -0.4 is 14.2 Å². The van der Waals surface area contributed by atoms with Crippen molar-refractivity contribution in [3.05, 3.63) is 144 Å². The summed E-state index contributed by atoms with van der Waals surface area (Å²) >= 11 is 6.29. The van der Waals surface area contributed by atoms with Gasteiger partial charge in [-0.2, -0.15) is 4.98 Å². The Balaban J connectivity index is 0.000000171. The van der Waals surface area contributed by atoms with Crippen LogP contribution in [-0.4, -0.2) is 45.4 Å². The fraction of sp³-hybridized carbons (Fsp3) is 0.128. The van der Waals surface area contributed by atoms with Gasteiger partial charge in [-0.3, -0.25) is 0 Å². The molecule has 0 atom stereocenters. The molecular weight excluding hydrogens is 640 g/mol. The molecule has 7 aromatic rings. The van der Waals surface area contributed by atoms with Crippen LogP contribution in [0.25, 0.3) is 33.2 Å². The van der Waals surface area contributed by atoms with Crippen molar-refractivity contribution in [2.24, 2.45) is 0 Å². The quantitative estimate of drug-likeness (QED) is 0.135. The molecule has 9 nitrogen and oxygen atoms in total. The van der Waals surface area contributed by atoms with E-state index in [4.69, 9.17) is 35.7 Å². The lowest BCUT2D eigenvalue weighted by Gasteiger charge is -2.14. The molecule has 0 bridgehead atoms. The fourth-order valence-electron chi connectivity index (χ4n) is 5.17. The first-order valence-electron chi connectivity index (χ1n) is 15.5. The number of nitrogens with zero attached hydrogens (tertiary/aromatic N) is 4. The predicted octanol–water partition coefficient (Wildman–Crippen LogP) is 8.47. The number of ether oxygens (including phenoxy) is 4. The van der Waals surface area contributed by atoms with Gasteiger partial charge >= 0.3 is 0 Å². The van der Waals surface area contributed by atoms with Crippen LogP contribution in [0.1, 0.15) is 11.1 Å². The lowest BCUT2D eigenvalue weighted by Crippen LogP contribution is -2.07. The van der Waals surface area contributed by atoms with E-state index < -0.39 is 0 Å². The molecule has 0 saturated heterocycles. The maximum absolute atomic E-state index is 9.06. The van der Waals surface area contributed by atoms with Crippen LogP contribution in [0.5, 0.6) is 23.1 Å². The number of halogens is 1. The van der Waals surface area contributed by atoms with E-state index in [2.05, 4.69) is 105 Å². The van der Waals surface area contributed by atoms with Crippen LogP contribution in [0.2, 0.25) is 5.15 Å². The van der Waals surface area contributed by atoms with Gasteiger partial charge in [0, 0.05) is 12.4 Å². The van der Waals surface area contributed by atoms with Crippen LogP contribution in [0.3, 0.4) is 0 Å². The Labute approximate surface area is 288 Å². The highest BCUT2D eigenvalue weighted by molar-refractivity contribution is 6.31. The van der Waals surface area contributed by atoms with Gasteiger partial charge in [-0.05, 0) is 50.9 Å². The summed E-state index contributed by atoms with van der Waals surface area (Å²) < 4.78 is 22.6. The minimum Gasteiger partial charge on any atom is -0.493 e. The van der Waals surface area contributed by atoms with Crippen molar-refractivity contribution in [1.82, 2.24) is 19.9 Å². The Bertz CT molecular complexity index is 2060. The van der Waals surface area contributed by atoms with Gasteiger partial charge in [-0.1, -0.05) is 109 Å². The topological polar surface area (TPSA) is 109 Å². The molecule has 246 valence electrons. The molecule has 1 N–H and O–H groups in total. The van der Waals surface area contributed by atoms with E-state index in [9.17, 15) is 0 Å². The first-order chi connectivity index (χ1) is 24.1. The number of rotatable bonds is 11. The highest BCUT2D eigenvalue weighted by Crippen LogP contribution is 2.40. The van der Waals surface area contributed by atoms with Crippen molar-refractivity contribution < 1.29 is 24.1 Å². The van der Waals surface area contributed by atoms with Crippen LogP contribution in [0.4, 0.5) is 0 Å². The van der Waals surface area contributed by atoms with Gasteiger partial charge in [0.1, 0.15) is 6.61 Å². The molecule has 0 aliphatic carbocycles. The second-order valence-corrected chi connectivity index (χ2v) is 11.0.